The predicted octanol–water partition coefficient (Wildman–Crippen LogP) is 2.37. The summed E-state index contributed by atoms with van der Waals surface area (Å²) in [5.74, 6) is 0.108. The van der Waals surface area contributed by atoms with Crippen molar-refractivity contribution < 1.29 is 4.79 Å². The van der Waals surface area contributed by atoms with Crippen molar-refractivity contribution >= 4 is 5.78 Å². The van der Waals surface area contributed by atoms with E-state index >= 15 is 0 Å². The molecule has 0 N–H and O–H groups in total. The molecule has 15 heavy (non-hydrogen) atoms. The van der Waals surface area contributed by atoms with Gasteiger partial charge in [-0.3, -0.25) is 4.79 Å². The fourth-order valence-corrected chi connectivity index (χ4v) is 1.86. The van der Waals surface area contributed by atoms with E-state index < -0.39 is 5.41 Å². The minimum Gasteiger partial charge on any atom is -0.295 e. The molecule has 1 unspecified atom stereocenters. The average Bonchev–Trinajstić information content (AvgIpc) is 2.32. The number of hydrogen-bond donors (Lipinski definition) is 0. The second kappa shape index (κ2) is 3.70. The van der Waals surface area contributed by atoms with Gasteiger partial charge in [0.25, 0.3) is 0 Å². The minimum atomic E-state index is -0.602. The van der Waals surface area contributed by atoms with E-state index in [9.17, 15) is 10.1 Å². The summed E-state index contributed by atoms with van der Waals surface area (Å²) >= 11 is 0. The molecule has 1 aliphatic rings. The maximum absolute atomic E-state index is 11.1. The molecule has 0 radical (unpaired) electrons. The molecule has 0 saturated heterocycles. The second-order valence-corrected chi connectivity index (χ2v) is 3.75. The predicted molar refractivity (Wildman–Crippen MR) is 57.1 cm³/mol. The molecule has 0 saturated carbocycles. The van der Waals surface area contributed by atoms with Crippen LogP contribution in [0.4, 0.5) is 0 Å². The van der Waals surface area contributed by atoms with Gasteiger partial charge in [-0.05, 0) is 18.1 Å². The molecule has 2 nitrogen and oxygen atoms in total. The van der Waals surface area contributed by atoms with E-state index in [1.54, 1.807) is 6.08 Å². The highest BCUT2D eigenvalue weighted by Crippen LogP contribution is 2.33. The van der Waals surface area contributed by atoms with E-state index in [0.29, 0.717) is 12.8 Å². The number of carbonyl (C=O) groups is 1. The van der Waals surface area contributed by atoms with Crippen LogP contribution in [0.1, 0.15) is 18.4 Å². The van der Waals surface area contributed by atoms with Crippen molar-refractivity contribution in [2.24, 2.45) is 0 Å². The summed E-state index contributed by atoms with van der Waals surface area (Å²) in [6, 6.07) is 11.9. The van der Waals surface area contributed by atoms with E-state index in [1.807, 2.05) is 30.3 Å². The van der Waals surface area contributed by atoms with Gasteiger partial charge in [-0.15, -0.1) is 0 Å². The van der Waals surface area contributed by atoms with Gasteiger partial charge in [0, 0.05) is 6.42 Å². The number of nitrogens with zero attached hydrogens (tertiary/aromatic N) is 1. The van der Waals surface area contributed by atoms with E-state index in [4.69, 9.17) is 0 Å². The Bertz CT molecular complexity index is 441. The van der Waals surface area contributed by atoms with Crippen LogP contribution in [0.15, 0.2) is 42.5 Å². The number of rotatable bonds is 1. The maximum Gasteiger partial charge on any atom is 0.155 e. The molecular formula is C13H11NO. The first-order chi connectivity index (χ1) is 7.27. The molecule has 2 rings (SSSR count). The van der Waals surface area contributed by atoms with Crippen LogP contribution < -0.4 is 0 Å². The number of hydrogen-bond acceptors (Lipinski definition) is 2. The van der Waals surface area contributed by atoms with Crippen LogP contribution in [0.25, 0.3) is 0 Å². The quantitative estimate of drug-likeness (QED) is 0.693. The molecule has 1 aromatic rings. The van der Waals surface area contributed by atoms with Crippen LogP contribution in [0.2, 0.25) is 0 Å². The minimum absolute atomic E-state index is 0.108. The summed E-state index contributed by atoms with van der Waals surface area (Å²) in [6.45, 7) is 0. The van der Waals surface area contributed by atoms with E-state index in [2.05, 4.69) is 6.07 Å². The molecule has 0 bridgehead atoms. The maximum atomic E-state index is 11.1. The van der Waals surface area contributed by atoms with Gasteiger partial charge in [0.1, 0.15) is 5.41 Å². The van der Waals surface area contributed by atoms with Crippen LogP contribution in [0, 0.1) is 11.3 Å². The average molecular weight is 197 g/mol. The van der Waals surface area contributed by atoms with Crippen molar-refractivity contribution in [3.05, 3.63) is 48.0 Å². The van der Waals surface area contributed by atoms with Crippen LogP contribution in [0.5, 0.6) is 0 Å². The summed E-state index contributed by atoms with van der Waals surface area (Å²) in [5.41, 5.74) is 0.367. The molecule has 0 heterocycles. The zero-order valence-corrected chi connectivity index (χ0v) is 8.31. The largest absolute Gasteiger partial charge is 0.295 e. The molecule has 0 spiro atoms. The zero-order chi connectivity index (χ0) is 10.7. The molecular weight excluding hydrogens is 186 g/mol. The molecule has 0 aliphatic heterocycles. The number of ketones is 1. The lowest BCUT2D eigenvalue weighted by atomic mass is 9.74. The van der Waals surface area contributed by atoms with Gasteiger partial charge in [0.05, 0.1) is 6.07 Å². The standard InChI is InChI=1S/C13H11NO/c14-10-13(8-6-12(15)7-9-13)11-4-2-1-3-5-11/h1-6,8H,7,9H2. The third-order valence-electron chi connectivity index (χ3n) is 2.81. The second-order valence-electron chi connectivity index (χ2n) is 3.75. The highest BCUT2D eigenvalue weighted by atomic mass is 16.1. The third kappa shape index (κ3) is 1.69. The van der Waals surface area contributed by atoms with Crippen molar-refractivity contribution in [1.29, 1.82) is 5.26 Å². The molecule has 2 heteroatoms. The Balaban J connectivity index is 2.45. The highest BCUT2D eigenvalue weighted by molar-refractivity contribution is 5.91. The first-order valence-corrected chi connectivity index (χ1v) is 4.96. The molecule has 74 valence electrons. The highest BCUT2D eigenvalue weighted by Gasteiger charge is 2.32. The SMILES string of the molecule is N#CC1(c2ccccc2)C=CC(=O)CC1. The molecule has 1 atom stereocenters. The Hall–Kier alpha value is -1.88. The van der Waals surface area contributed by atoms with Gasteiger partial charge in [-0.25, -0.2) is 0 Å². The normalized spacial score (nSPS) is 24.9. The molecule has 0 aromatic heterocycles. The van der Waals surface area contributed by atoms with Gasteiger partial charge >= 0.3 is 0 Å². The van der Waals surface area contributed by atoms with Gasteiger partial charge in [-0.2, -0.15) is 5.26 Å². The van der Waals surface area contributed by atoms with Gasteiger partial charge in [0.2, 0.25) is 0 Å². The lowest BCUT2D eigenvalue weighted by Gasteiger charge is -2.25. The van der Waals surface area contributed by atoms with Gasteiger partial charge < -0.3 is 0 Å². The fraction of sp³-hybridized carbons (Fsp3) is 0.231. The first-order valence-electron chi connectivity index (χ1n) is 4.96. The molecule has 1 aromatic carbocycles. The van der Waals surface area contributed by atoms with Gasteiger partial charge in [-0.1, -0.05) is 36.4 Å². The fourth-order valence-electron chi connectivity index (χ4n) is 1.86. The summed E-state index contributed by atoms with van der Waals surface area (Å²) < 4.78 is 0. The Morgan fingerprint density at radius 2 is 2.00 bits per heavy atom. The number of carbonyl (C=O) groups excluding carboxylic acids is 1. The first kappa shape index (κ1) is 9.67. The Labute approximate surface area is 88.8 Å². The lowest BCUT2D eigenvalue weighted by Crippen LogP contribution is -2.25. The zero-order valence-electron chi connectivity index (χ0n) is 8.31. The van der Waals surface area contributed by atoms with Crippen LogP contribution in [-0.4, -0.2) is 5.78 Å². The number of benzene rings is 1. The monoisotopic (exact) mass is 197 g/mol. The molecule has 0 fully saturated rings. The van der Waals surface area contributed by atoms with Crippen molar-refractivity contribution in [2.45, 2.75) is 18.3 Å². The summed E-state index contributed by atoms with van der Waals surface area (Å²) in [5, 5.41) is 9.27. The van der Waals surface area contributed by atoms with Crippen LogP contribution in [-0.2, 0) is 10.2 Å². The van der Waals surface area contributed by atoms with Crippen LogP contribution in [0.3, 0.4) is 0 Å². The summed E-state index contributed by atoms with van der Waals surface area (Å²) in [7, 11) is 0. The molecule has 1 aliphatic carbocycles. The summed E-state index contributed by atoms with van der Waals surface area (Å²) in [6.07, 6.45) is 4.30. The molecule has 0 amide bonds. The number of allylic oxidation sites excluding steroid dienone is 2. The Morgan fingerprint density at radius 1 is 1.27 bits per heavy atom. The number of nitriles is 1. The van der Waals surface area contributed by atoms with Crippen LogP contribution >= 0.6 is 0 Å². The van der Waals surface area contributed by atoms with E-state index in [0.717, 1.165) is 5.56 Å². The van der Waals surface area contributed by atoms with E-state index in [1.165, 1.54) is 6.08 Å². The summed E-state index contributed by atoms with van der Waals surface area (Å²) in [4.78, 5) is 11.1. The van der Waals surface area contributed by atoms with Crippen molar-refractivity contribution in [3.8, 4) is 6.07 Å². The van der Waals surface area contributed by atoms with Crippen molar-refractivity contribution in [2.75, 3.05) is 0 Å². The lowest BCUT2D eigenvalue weighted by molar-refractivity contribution is -0.115. The Kier molecular flexibility index (Phi) is 2.39. The van der Waals surface area contributed by atoms with E-state index in [-0.39, 0.29) is 5.78 Å². The van der Waals surface area contributed by atoms with Crippen molar-refractivity contribution in [1.82, 2.24) is 0 Å². The third-order valence-corrected chi connectivity index (χ3v) is 2.81. The van der Waals surface area contributed by atoms with Crippen molar-refractivity contribution in [3.63, 3.8) is 0 Å². The Morgan fingerprint density at radius 3 is 2.53 bits per heavy atom. The topological polar surface area (TPSA) is 40.9 Å². The van der Waals surface area contributed by atoms with Gasteiger partial charge in [0.15, 0.2) is 5.78 Å². The smallest absolute Gasteiger partial charge is 0.155 e.